The lowest BCUT2D eigenvalue weighted by atomic mass is 10.1. The van der Waals surface area contributed by atoms with E-state index >= 15 is 0 Å². The van der Waals surface area contributed by atoms with Gasteiger partial charge in [0.05, 0.1) is 42.7 Å². The summed E-state index contributed by atoms with van der Waals surface area (Å²) in [6.07, 6.45) is 0. The van der Waals surface area contributed by atoms with Gasteiger partial charge in [-0.25, -0.2) is 4.79 Å². The van der Waals surface area contributed by atoms with Crippen LogP contribution in [0.25, 0.3) is 0 Å². The number of methoxy groups -OCH3 is 1. The lowest BCUT2D eigenvalue weighted by Crippen LogP contribution is -2.37. The molecule has 0 amide bonds. The molecule has 0 bridgehead atoms. The molecule has 156 valence electrons. The molecule has 1 saturated heterocycles. The molecular weight excluding hydrogens is 440 g/mol. The van der Waals surface area contributed by atoms with Crippen molar-refractivity contribution in [1.82, 2.24) is 0 Å². The van der Waals surface area contributed by atoms with Gasteiger partial charge in [0.15, 0.2) is 11.5 Å². The van der Waals surface area contributed by atoms with Crippen LogP contribution in [0.4, 0.5) is 11.4 Å². The average molecular weight is 465 g/mol. The van der Waals surface area contributed by atoms with E-state index in [1.165, 1.54) is 0 Å². The fourth-order valence-corrected chi connectivity index (χ4v) is 3.94. The third-order valence-corrected chi connectivity index (χ3v) is 5.24. The number of hydrogen-bond donors (Lipinski definition) is 2. The van der Waals surface area contributed by atoms with E-state index < -0.39 is 5.97 Å². The maximum Gasteiger partial charge on any atom is 0.337 e. The van der Waals surface area contributed by atoms with Crippen LogP contribution in [0.2, 0.25) is 0 Å². The van der Waals surface area contributed by atoms with Crippen molar-refractivity contribution in [3.8, 4) is 11.5 Å². The second kappa shape index (κ2) is 9.84. The molecule has 1 heterocycles. The SMILES string of the molecule is CCOc1cc(CNc2ccc(N3CCOCC3)c(C(=O)O)c2)cc(Br)c1OC. The largest absolute Gasteiger partial charge is 0.492 e. The van der Waals surface area contributed by atoms with E-state index in [0.717, 1.165) is 21.4 Å². The van der Waals surface area contributed by atoms with Crippen LogP contribution in [-0.2, 0) is 11.3 Å². The molecule has 1 fully saturated rings. The number of morpholine rings is 1. The Morgan fingerprint density at radius 2 is 2.03 bits per heavy atom. The van der Waals surface area contributed by atoms with Crippen molar-refractivity contribution in [2.45, 2.75) is 13.5 Å². The highest BCUT2D eigenvalue weighted by Crippen LogP contribution is 2.37. The maximum absolute atomic E-state index is 11.8. The highest BCUT2D eigenvalue weighted by atomic mass is 79.9. The zero-order valence-corrected chi connectivity index (χ0v) is 18.1. The molecule has 0 spiro atoms. The molecule has 0 radical (unpaired) electrons. The van der Waals surface area contributed by atoms with E-state index in [0.29, 0.717) is 51.0 Å². The third-order valence-electron chi connectivity index (χ3n) is 4.65. The van der Waals surface area contributed by atoms with E-state index in [1.807, 2.05) is 36.1 Å². The molecule has 2 N–H and O–H groups in total. The first-order valence-electron chi connectivity index (χ1n) is 9.46. The number of rotatable bonds is 8. The minimum atomic E-state index is -0.944. The molecule has 0 atom stereocenters. The molecule has 0 aliphatic carbocycles. The summed E-state index contributed by atoms with van der Waals surface area (Å²) in [5.74, 6) is 0.370. The van der Waals surface area contributed by atoms with Crippen LogP contribution in [0.15, 0.2) is 34.8 Å². The predicted octanol–water partition coefficient (Wildman–Crippen LogP) is 4.00. The first-order valence-corrected chi connectivity index (χ1v) is 10.3. The summed E-state index contributed by atoms with van der Waals surface area (Å²) < 4.78 is 17.2. The third kappa shape index (κ3) is 5.13. The molecule has 1 aliphatic heterocycles. The molecule has 3 rings (SSSR count). The fraction of sp³-hybridized carbons (Fsp3) is 0.381. The molecule has 29 heavy (non-hydrogen) atoms. The molecular formula is C21H25BrN2O5. The highest BCUT2D eigenvalue weighted by molar-refractivity contribution is 9.10. The van der Waals surface area contributed by atoms with Gasteiger partial charge in [0.1, 0.15) is 0 Å². The van der Waals surface area contributed by atoms with Gasteiger partial charge in [0.2, 0.25) is 0 Å². The summed E-state index contributed by atoms with van der Waals surface area (Å²) in [5.41, 5.74) is 2.72. The monoisotopic (exact) mass is 464 g/mol. The Bertz CT molecular complexity index is 868. The summed E-state index contributed by atoms with van der Waals surface area (Å²) in [6.45, 7) is 5.55. The molecule has 7 nitrogen and oxygen atoms in total. The van der Waals surface area contributed by atoms with Crippen LogP contribution in [-0.4, -0.2) is 51.1 Å². The van der Waals surface area contributed by atoms with Gasteiger partial charge in [-0.3, -0.25) is 0 Å². The lowest BCUT2D eigenvalue weighted by Gasteiger charge is -2.30. The van der Waals surface area contributed by atoms with Crippen molar-refractivity contribution < 1.29 is 24.1 Å². The summed E-state index contributed by atoms with van der Waals surface area (Å²) in [4.78, 5) is 13.8. The number of benzene rings is 2. The van der Waals surface area contributed by atoms with Crippen LogP contribution < -0.4 is 19.7 Å². The minimum absolute atomic E-state index is 0.280. The number of nitrogens with one attached hydrogen (secondary N) is 1. The van der Waals surface area contributed by atoms with Crippen LogP contribution >= 0.6 is 15.9 Å². The summed E-state index contributed by atoms with van der Waals surface area (Å²) in [7, 11) is 1.60. The van der Waals surface area contributed by atoms with Gasteiger partial charge in [-0.05, 0) is 58.7 Å². The van der Waals surface area contributed by atoms with Crippen molar-refractivity contribution >= 4 is 33.3 Å². The zero-order chi connectivity index (χ0) is 20.8. The predicted molar refractivity (Wildman–Crippen MR) is 116 cm³/mol. The molecule has 0 saturated carbocycles. The number of carbonyl (C=O) groups is 1. The van der Waals surface area contributed by atoms with Gasteiger partial charge in [-0.1, -0.05) is 0 Å². The normalized spacial score (nSPS) is 13.8. The number of ether oxygens (including phenoxy) is 3. The number of carboxylic acids is 1. The second-order valence-corrected chi connectivity index (χ2v) is 7.39. The number of carboxylic acid groups (broad SMARTS) is 1. The summed E-state index contributed by atoms with van der Waals surface area (Å²) in [5, 5.41) is 13.0. The Morgan fingerprint density at radius 3 is 2.69 bits per heavy atom. The van der Waals surface area contributed by atoms with Gasteiger partial charge in [0, 0.05) is 25.3 Å². The first-order chi connectivity index (χ1) is 14.0. The number of hydrogen-bond acceptors (Lipinski definition) is 6. The number of nitrogens with zero attached hydrogens (tertiary/aromatic N) is 1. The van der Waals surface area contributed by atoms with Crippen molar-refractivity contribution in [3.05, 3.63) is 45.9 Å². The molecule has 0 unspecified atom stereocenters. The van der Waals surface area contributed by atoms with Gasteiger partial charge < -0.3 is 29.5 Å². The number of anilines is 2. The number of aromatic carboxylic acids is 1. The van der Waals surface area contributed by atoms with Crippen LogP contribution in [0.1, 0.15) is 22.8 Å². The van der Waals surface area contributed by atoms with Crippen LogP contribution in [0.5, 0.6) is 11.5 Å². The lowest BCUT2D eigenvalue weighted by molar-refractivity contribution is 0.0696. The van der Waals surface area contributed by atoms with Crippen LogP contribution in [0, 0.1) is 0 Å². The van der Waals surface area contributed by atoms with Gasteiger partial charge in [-0.15, -0.1) is 0 Å². The van der Waals surface area contributed by atoms with E-state index in [4.69, 9.17) is 14.2 Å². The Kier molecular flexibility index (Phi) is 7.22. The molecule has 8 heteroatoms. The van der Waals surface area contributed by atoms with E-state index in [2.05, 4.69) is 21.2 Å². The average Bonchev–Trinajstić information content (AvgIpc) is 2.73. The second-order valence-electron chi connectivity index (χ2n) is 6.53. The van der Waals surface area contributed by atoms with Gasteiger partial charge in [-0.2, -0.15) is 0 Å². The van der Waals surface area contributed by atoms with Crippen LogP contribution in [0.3, 0.4) is 0 Å². The standard InChI is InChI=1S/C21H25BrN2O5/c1-3-29-19-11-14(10-17(22)20(19)27-2)13-23-15-4-5-18(16(12-15)21(25)26)24-6-8-28-9-7-24/h4-5,10-12,23H,3,6-9,13H2,1-2H3,(H,25,26). The van der Waals surface area contributed by atoms with E-state index in [-0.39, 0.29) is 5.56 Å². The minimum Gasteiger partial charge on any atom is -0.492 e. The maximum atomic E-state index is 11.8. The van der Waals surface area contributed by atoms with E-state index in [1.54, 1.807) is 13.2 Å². The Balaban J connectivity index is 1.78. The van der Waals surface area contributed by atoms with Crippen molar-refractivity contribution in [3.63, 3.8) is 0 Å². The number of halogens is 1. The van der Waals surface area contributed by atoms with Gasteiger partial charge in [0.25, 0.3) is 0 Å². The zero-order valence-electron chi connectivity index (χ0n) is 16.5. The summed E-state index contributed by atoms with van der Waals surface area (Å²) >= 11 is 3.51. The topological polar surface area (TPSA) is 80.3 Å². The van der Waals surface area contributed by atoms with Crippen molar-refractivity contribution in [1.29, 1.82) is 0 Å². The highest BCUT2D eigenvalue weighted by Gasteiger charge is 2.19. The Hall–Kier alpha value is -2.45. The molecule has 2 aromatic rings. The molecule has 2 aromatic carbocycles. The molecule has 1 aliphatic rings. The Labute approximate surface area is 178 Å². The summed E-state index contributed by atoms with van der Waals surface area (Å²) in [6, 6.07) is 9.30. The van der Waals surface area contributed by atoms with Gasteiger partial charge >= 0.3 is 5.97 Å². The van der Waals surface area contributed by atoms with E-state index in [9.17, 15) is 9.90 Å². The smallest absolute Gasteiger partial charge is 0.337 e. The van der Waals surface area contributed by atoms with Crippen molar-refractivity contribution in [2.75, 3.05) is 50.2 Å². The molecule has 0 aromatic heterocycles. The van der Waals surface area contributed by atoms with Crippen molar-refractivity contribution in [2.24, 2.45) is 0 Å². The first kappa shape index (κ1) is 21.3. The quantitative estimate of drug-likeness (QED) is 0.610. The Morgan fingerprint density at radius 1 is 1.28 bits per heavy atom. The fourth-order valence-electron chi connectivity index (χ4n) is 3.29.